The molecule has 0 aromatic rings. The molecule has 0 radical (unpaired) electrons. The quantitative estimate of drug-likeness (QED) is 0.246. The molecule has 0 aliphatic carbocycles. The Labute approximate surface area is 134 Å². The van der Waals surface area contributed by atoms with Crippen LogP contribution < -0.4 is 0 Å². The molecule has 0 fully saturated rings. The number of allylic oxidation sites excluding steroid dienone is 3. The monoisotopic (exact) mass is 310 g/mol. The molecule has 0 rings (SSSR count). The van der Waals surface area contributed by atoms with E-state index < -0.39 is 0 Å². The van der Waals surface area contributed by atoms with Crippen molar-refractivity contribution in [2.24, 2.45) is 0 Å². The first-order valence-corrected chi connectivity index (χ1v) is 8.24. The molecule has 0 heterocycles. The largest absolute Gasteiger partial charge is 0.466 e. The van der Waals surface area contributed by atoms with Crippen molar-refractivity contribution in [2.75, 3.05) is 13.2 Å². The summed E-state index contributed by atoms with van der Waals surface area (Å²) in [4.78, 5) is 22.9. The minimum Gasteiger partial charge on any atom is -0.466 e. The number of carbonyl (C=O) groups is 2. The predicted octanol–water partition coefficient (Wildman–Crippen LogP) is 4.35. The highest BCUT2D eigenvalue weighted by atomic mass is 16.5. The van der Waals surface area contributed by atoms with E-state index in [0.29, 0.717) is 26.1 Å². The van der Waals surface area contributed by atoms with Gasteiger partial charge in [-0.1, -0.05) is 31.4 Å². The topological polar surface area (TPSA) is 52.6 Å². The number of esters is 2. The molecule has 0 spiro atoms. The Hall–Kier alpha value is -1.58. The molecule has 0 saturated heterocycles. The third kappa shape index (κ3) is 10.2. The summed E-state index contributed by atoms with van der Waals surface area (Å²) < 4.78 is 9.85. The standard InChI is InChI=1S/C18H30O4/c1-5-8-9-10-16(12-14-18(20)22-7-3)15(4)11-13-17(19)21-6-2/h12,14H,5-11,13H2,1-4H3/b14-12+,16-15-. The zero-order valence-electron chi connectivity index (χ0n) is 14.4. The fraction of sp³-hybridized carbons (Fsp3) is 0.667. The van der Waals surface area contributed by atoms with Crippen molar-refractivity contribution in [2.45, 2.75) is 66.2 Å². The van der Waals surface area contributed by atoms with Gasteiger partial charge in [-0.15, -0.1) is 0 Å². The SMILES string of the molecule is CCCCCC(/C=C/C(=O)OCC)=C(\C)CCC(=O)OCC. The summed E-state index contributed by atoms with van der Waals surface area (Å²) in [6, 6.07) is 0. The van der Waals surface area contributed by atoms with Crippen molar-refractivity contribution < 1.29 is 19.1 Å². The molecule has 4 heteroatoms. The normalized spacial score (nSPS) is 12.2. The minimum atomic E-state index is -0.325. The van der Waals surface area contributed by atoms with Crippen molar-refractivity contribution in [3.8, 4) is 0 Å². The highest BCUT2D eigenvalue weighted by Crippen LogP contribution is 2.19. The highest BCUT2D eigenvalue weighted by molar-refractivity contribution is 5.82. The lowest BCUT2D eigenvalue weighted by Crippen LogP contribution is -2.04. The van der Waals surface area contributed by atoms with Gasteiger partial charge in [0.2, 0.25) is 0 Å². The Kier molecular flexibility index (Phi) is 12.2. The van der Waals surface area contributed by atoms with Crippen LogP contribution in [0.2, 0.25) is 0 Å². The van der Waals surface area contributed by atoms with Crippen molar-refractivity contribution >= 4 is 11.9 Å². The molecule has 0 aromatic carbocycles. The average Bonchev–Trinajstić information content (AvgIpc) is 2.49. The van der Waals surface area contributed by atoms with E-state index in [1.165, 1.54) is 6.08 Å². The Balaban J connectivity index is 4.74. The zero-order valence-corrected chi connectivity index (χ0v) is 14.4. The fourth-order valence-electron chi connectivity index (χ4n) is 2.05. The molecular formula is C18H30O4. The molecular weight excluding hydrogens is 280 g/mol. The van der Waals surface area contributed by atoms with Crippen LogP contribution in [0.3, 0.4) is 0 Å². The smallest absolute Gasteiger partial charge is 0.330 e. The second-order valence-electron chi connectivity index (χ2n) is 5.15. The fourth-order valence-corrected chi connectivity index (χ4v) is 2.05. The second kappa shape index (κ2) is 13.1. The van der Waals surface area contributed by atoms with Gasteiger partial charge >= 0.3 is 11.9 Å². The van der Waals surface area contributed by atoms with Crippen molar-refractivity contribution in [1.82, 2.24) is 0 Å². The number of hydrogen-bond acceptors (Lipinski definition) is 4. The molecule has 0 aliphatic rings. The van der Waals surface area contributed by atoms with Crippen LogP contribution in [0.4, 0.5) is 0 Å². The minimum absolute atomic E-state index is 0.177. The molecule has 0 bridgehead atoms. The number of unbranched alkanes of at least 4 members (excludes halogenated alkanes) is 2. The molecule has 0 saturated carbocycles. The van der Waals surface area contributed by atoms with Gasteiger partial charge in [0.05, 0.1) is 13.2 Å². The van der Waals surface area contributed by atoms with Crippen molar-refractivity contribution in [3.05, 3.63) is 23.3 Å². The van der Waals surface area contributed by atoms with E-state index in [-0.39, 0.29) is 11.9 Å². The van der Waals surface area contributed by atoms with Crippen LogP contribution >= 0.6 is 0 Å². The molecule has 4 nitrogen and oxygen atoms in total. The number of carbonyl (C=O) groups excluding carboxylic acids is 2. The van der Waals surface area contributed by atoms with Crippen LogP contribution in [0, 0.1) is 0 Å². The Morgan fingerprint density at radius 1 is 0.864 bits per heavy atom. The van der Waals surface area contributed by atoms with Crippen LogP contribution in [0.5, 0.6) is 0 Å². The Bertz CT molecular complexity index is 394. The van der Waals surface area contributed by atoms with Gasteiger partial charge in [0.1, 0.15) is 0 Å². The third-order valence-corrected chi connectivity index (χ3v) is 3.31. The lowest BCUT2D eigenvalue weighted by Gasteiger charge is -2.09. The van der Waals surface area contributed by atoms with E-state index in [1.807, 2.05) is 13.0 Å². The molecule has 0 N–H and O–H groups in total. The third-order valence-electron chi connectivity index (χ3n) is 3.31. The Morgan fingerprint density at radius 2 is 1.55 bits per heavy atom. The molecule has 0 atom stereocenters. The van der Waals surface area contributed by atoms with Crippen molar-refractivity contribution in [1.29, 1.82) is 0 Å². The maximum Gasteiger partial charge on any atom is 0.330 e. The zero-order chi connectivity index (χ0) is 16.8. The predicted molar refractivity (Wildman–Crippen MR) is 88.5 cm³/mol. The summed E-state index contributed by atoms with van der Waals surface area (Å²) in [6.07, 6.45) is 8.64. The molecule has 0 amide bonds. The first-order valence-electron chi connectivity index (χ1n) is 8.24. The molecule has 126 valence electrons. The first-order chi connectivity index (χ1) is 10.5. The number of ether oxygens (including phenoxy) is 2. The van der Waals surface area contributed by atoms with Crippen LogP contribution in [0.1, 0.15) is 66.2 Å². The summed E-state index contributed by atoms with van der Waals surface area (Å²) in [5.74, 6) is -0.502. The summed E-state index contributed by atoms with van der Waals surface area (Å²) in [6.45, 7) is 8.54. The lowest BCUT2D eigenvalue weighted by molar-refractivity contribution is -0.143. The summed E-state index contributed by atoms with van der Waals surface area (Å²) in [5.41, 5.74) is 2.25. The van der Waals surface area contributed by atoms with E-state index in [4.69, 9.17) is 9.47 Å². The van der Waals surface area contributed by atoms with E-state index in [1.54, 1.807) is 13.8 Å². The highest BCUT2D eigenvalue weighted by Gasteiger charge is 2.06. The van der Waals surface area contributed by atoms with Gasteiger partial charge in [0.25, 0.3) is 0 Å². The van der Waals surface area contributed by atoms with Gasteiger partial charge in [0, 0.05) is 12.5 Å². The number of rotatable bonds is 11. The van der Waals surface area contributed by atoms with Gasteiger partial charge in [0.15, 0.2) is 0 Å². The van der Waals surface area contributed by atoms with Gasteiger partial charge in [-0.3, -0.25) is 4.79 Å². The summed E-state index contributed by atoms with van der Waals surface area (Å²) in [5, 5.41) is 0. The van der Waals surface area contributed by atoms with Gasteiger partial charge in [-0.2, -0.15) is 0 Å². The molecule has 22 heavy (non-hydrogen) atoms. The van der Waals surface area contributed by atoms with E-state index in [2.05, 4.69) is 6.92 Å². The van der Waals surface area contributed by atoms with Gasteiger partial charge in [-0.05, 0) is 45.6 Å². The van der Waals surface area contributed by atoms with E-state index in [0.717, 1.165) is 36.8 Å². The molecule has 0 aromatic heterocycles. The Morgan fingerprint density at radius 3 is 2.14 bits per heavy atom. The van der Waals surface area contributed by atoms with Crippen LogP contribution in [0.15, 0.2) is 23.3 Å². The van der Waals surface area contributed by atoms with E-state index >= 15 is 0 Å². The summed E-state index contributed by atoms with van der Waals surface area (Å²) in [7, 11) is 0. The van der Waals surface area contributed by atoms with Crippen LogP contribution in [-0.4, -0.2) is 25.2 Å². The maximum atomic E-state index is 11.4. The molecule has 0 aliphatic heterocycles. The number of hydrogen-bond donors (Lipinski definition) is 0. The van der Waals surface area contributed by atoms with Crippen LogP contribution in [0.25, 0.3) is 0 Å². The second-order valence-corrected chi connectivity index (χ2v) is 5.15. The summed E-state index contributed by atoms with van der Waals surface area (Å²) >= 11 is 0. The average molecular weight is 310 g/mol. The lowest BCUT2D eigenvalue weighted by atomic mass is 9.99. The van der Waals surface area contributed by atoms with E-state index in [9.17, 15) is 9.59 Å². The van der Waals surface area contributed by atoms with Gasteiger partial charge in [-0.25, -0.2) is 4.79 Å². The first kappa shape index (κ1) is 20.4. The van der Waals surface area contributed by atoms with Gasteiger partial charge < -0.3 is 9.47 Å². The molecule has 0 unspecified atom stereocenters. The maximum absolute atomic E-state index is 11.4. The van der Waals surface area contributed by atoms with Crippen LogP contribution in [-0.2, 0) is 19.1 Å². The van der Waals surface area contributed by atoms with Crippen molar-refractivity contribution in [3.63, 3.8) is 0 Å².